The van der Waals surface area contributed by atoms with Gasteiger partial charge >= 0.3 is 6.03 Å². The van der Waals surface area contributed by atoms with Gasteiger partial charge in [-0.2, -0.15) is 0 Å². The molecular formula is C18H15FN4O3S. The molecule has 9 heteroatoms. The van der Waals surface area contributed by atoms with E-state index in [1.165, 1.54) is 51.0 Å². The van der Waals surface area contributed by atoms with E-state index in [1.807, 2.05) is 12.3 Å². The SMILES string of the molecule is Cc1csc2nc(CN3C(=O)[C@H](C)N(c4ccc(F)cc4)C3=O)cc(=O)n12. The van der Waals surface area contributed by atoms with E-state index in [4.69, 9.17) is 0 Å². The summed E-state index contributed by atoms with van der Waals surface area (Å²) < 4.78 is 14.6. The molecule has 1 atom stereocenters. The molecule has 2 aromatic heterocycles. The quantitative estimate of drug-likeness (QED) is 0.649. The van der Waals surface area contributed by atoms with Crippen molar-refractivity contribution < 1.29 is 14.0 Å². The summed E-state index contributed by atoms with van der Waals surface area (Å²) in [6.45, 7) is 3.32. The number of hydrogen-bond donors (Lipinski definition) is 0. The van der Waals surface area contributed by atoms with E-state index in [9.17, 15) is 18.8 Å². The zero-order valence-corrected chi connectivity index (χ0v) is 15.4. The van der Waals surface area contributed by atoms with Gasteiger partial charge in [-0.15, -0.1) is 11.3 Å². The van der Waals surface area contributed by atoms with Crippen molar-refractivity contribution >= 4 is 33.9 Å². The Labute approximate surface area is 157 Å². The van der Waals surface area contributed by atoms with Crippen LogP contribution in [0.15, 0.2) is 40.5 Å². The Balaban J connectivity index is 1.66. The average molecular weight is 386 g/mol. The highest BCUT2D eigenvalue weighted by Crippen LogP contribution is 2.27. The van der Waals surface area contributed by atoms with E-state index in [1.54, 1.807) is 6.92 Å². The molecule has 3 amide bonds. The van der Waals surface area contributed by atoms with Crippen LogP contribution >= 0.6 is 11.3 Å². The van der Waals surface area contributed by atoms with Gasteiger partial charge in [-0.25, -0.2) is 14.2 Å². The van der Waals surface area contributed by atoms with Gasteiger partial charge in [-0.3, -0.25) is 23.8 Å². The van der Waals surface area contributed by atoms with Crippen LogP contribution in [0, 0.1) is 12.7 Å². The number of nitrogens with zero attached hydrogens (tertiary/aromatic N) is 4. The molecule has 3 aromatic rings. The maximum absolute atomic E-state index is 13.2. The highest BCUT2D eigenvalue weighted by Gasteiger charge is 2.43. The van der Waals surface area contributed by atoms with Crippen LogP contribution in [0.3, 0.4) is 0 Å². The Morgan fingerprint density at radius 2 is 1.89 bits per heavy atom. The van der Waals surface area contributed by atoms with Gasteiger partial charge in [0.15, 0.2) is 4.96 Å². The Hall–Kier alpha value is -3.07. The summed E-state index contributed by atoms with van der Waals surface area (Å²) in [5.41, 5.74) is 1.30. The molecule has 0 N–H and O–H groups in total. The van der Waals surface area contributed by atoms with Crippen LogP contribution in [0.2, 0.25) is 0 Å². The lowest BCUT2D eigenvalue weighted by Gasteiger charge is -2.19. The lowest BCUT2D eigenvalue weighted by Crippen LogP contribution is -2.34. The van der Waals surface area contributed by atoms with Gasteiger partial charge in [0.2, 0.25) is 0 Å². The van der Waals surface area contributed by atoms with E-state index in [0.717, 1.165) is 10.6 Å². The number of aryl methyl sites for hydroxylation is 1. The zero-order valence-electron chi connectivity index (χ0n) is 14.5. The molecule has 1 aromatic carbocycles. The Morgan fingerprint density at radius 3 is 2.59 bits per heavy atom. The number of hydrogen-bond acceptors (Lipinski definition) is 5. The van der Waals surface area contributed by atoms with Crippen molar-refractivity contribution in [1.82, 2.24) is 14.3 Å². The first kappa shape index (κ1) is 17.3. The van der Waals surface area contributed by atoms with Crippen molar-refractivity contribution in [3.63, 3.8) is 0 Å². The third-order valence-electron chi connectivity index (χ3n) is 4.50. The molecule has 0 spiro atoms. The van der Waals surface area contributed by atoms with Gasteiger partial charge in [0.25, 0.3) is 11.5 Å². The third kappa shape index (κ3) is 2.80. The molecule has 138 valence electrons. The van der Waals surface area contributed by atoms with Gasteiger partial charge in [0.05, 0.1) is 12.2 Å². The zero-order chi connectivity index (χ0) is 19.3. The Kier molecular flexibility index (Phi) is 4.03. The number of aromatic nitrogens is 2. The molecule has 1 aliphatic rings. The van der Waals surface area contributed by atoms with Crippen molar-refractivity contribution in [2.45, 2.75) is 26.4 Å². The molecule has 0 saturated carbocycles. The fourth-order valence-corrected chi connectivity index (χ4v) is 4.04. The third-order valence-corrected chi connectivity index (χ3v) is 5.44. The molecule has 7 nitrogen and oxygen atoms in total. The van der Waals surface area contributed by atoms with Gasteiger partial charge in [0.1, 0.15) is 11.9 Å². The predicted octanol–water partition coefficient (Wildman–Crippen LogP) is 2.56. The second-order valence-corrected chi connectivity index (χ2v) is 7.15. The van der Waals surface area contributed by atoms with Crippen LogP contribution in [-0.4, -0.2) is 32.3 Å². The number of amides is 3. The van der Waals surface area contributed by atoms with E-state index in [2.05, 4.69) is 4.98 Å². The van der Waals surface area contributed by atoms with Crippen LogP contribution in [0.5, 0.6) is 0 Å². The highest BCUT2D eigenvalue weighted by atomic mass is 32.1. The first-order valence-corrected chi connectivity index (χ1v) is 9.11. The van der Waals surface area contributed by atoms with E-state index >= 15 is 0 Å². The van der Waals surface area contributed by atoms with Crippen LogP contribution < -0.4 is 10.5 Å². The van der Waals surface area contributed by atoms with Crippen LogP contribution in [0.4, 0.5) is 14.9 Å². The molecule has 1 aliphatic heterocycles. The molecule has 0 unspecified atom stereocenters. The number of urea groups is 1. The summed E-state index contributed by atoms with van der Waals surface area (Å²) in [7, 11) is 0. The molecule has 0 radical (unpaired) electrons. The van der Waals surface area contributed by atoms with Gasteiger partial charge in [-0.1, -0.05) is 0 Å². The maximum Gasteiger partial charge on any atom is 0.332 e. The number of imide groups is 1. The van der Waals surface area contributed by atoms with Crippen LogP contribution in [0.25, 0.3) is 4.96 Å². The standard InChI is InChI=1S/C18H15FN4O3S/c1-10-9-27-17-20-13(7-15(24)22(10)17)8-21-16(25)11(2)23(18(21)26)14-5-3-12(19)4-6-14/h3-7,9,11H,8H2,1-2H3/t11-/m0/s1. The predicted molar refractivity (Wildman–Crippen MR) is 98.4 cm³/mol. The minimum absolute atomic E-state index is 0.0949. The smallest absolute Gasteiger partial charge is 0.282 e. The molecule has 27 heavy (non-hydrogen) atoms. The summed E-state index contributed by atoms with van der Waals surface area (Å²) in [6, 6.07) is 5.45. The van der Waals surface area contributed by atoms with Gasteiger partial charge in [-0.05, 0) is 38.1 Å². The first-order chi connectivity index (χ1) is 12.9. The number of carbonyl (C=O) groups excluding carboxylic acids is 2. The number of thiazole rings is 1. The van der Waals surface area contributed by atoms with Crippen molar-refractivity contribution in [2.75, 3.05) is 4.90 Å². The lowest BCUT2D eigenvalue weighted by molar-refractivity contribution is -0.127. The fourth-order valence-electron chi connectivity index (χ4n) is 3.15. The summed E-state index contributed by atoms with van der Waals surface area (Å²) in [5, 5.41) is 1.82. The molecular weight excluding hydrogens is 371 g/mol. The van der Waals surface area contributed by atoms with E-state index in [0.29, 0.717) is 16.3 Å². The van der Waals surface area contributed by atoms with Crippen molar-refractivity contribution in [3.8, 4) is 0 Å². The minimum Gasteiger partial charge on any atom is -0.282 e. The molecule has 0 bridgehead atoms. The molecule has 1 fully saturated rings. The number of halogens is 1. The average Bonchev–Trinajstić information content (AvgIpc) is 3.10. The number of carbonyl (C=O) groups is 2. The number of benzene rings is 1. The second-order valence-electron chi connectivity index (χ2n) is 6.31. The Morgan fingerprint density at radius 1 is 1.19 bits per heavy atom. The first-order valence-electron chi connectivity index (χ1n) is 8.24. The molecule has 3 heterocycles. The van der Waals surface area contributed by atoms with Crippen molar-refractivity contribution in [1.29, 1.82) is 0 Å². The Bertz CT molecular complexity index is 1120. The van der Waals surface area contributed by atoms with Crippen LogP contribution in [0.1, 0.15) is 18.3 Å². The monoisotopic (exact) mass is 386 g/mol. The second kappa shape index (κ2) is 6.27. The topological polar surface area (TPSA) is 75.0 Å². The van der Waals surface area contributed by atoms with Crippen molar-refractivity contribution in [2.24, 2.45) is 0 Å². The van der Waals surface area contributed by atoms with Gasteiger partial charge < -0.3 is 0 Å². The summed E-state index contributed by atoms with van der Waals surface area (Å²) in [5.74, 6) is -0.820. The van der Waals surface area contributed by atoms with Crippen molar-refractivity contribution in [3.05, 3.63) is 63.3 Å². The highest BCUT2D eigenvalue weighted by molar-refractivity contribution is 7.15. The normalized spacial score (nSPS) is 17.4. The van der Waals surface area contributed by atoms with Crippen LogP contribution in [-0.2, 0) is 11.3 Å². The minimum atomic E-state index is -0.725. The summed E-state index contributed by atoms with van der Waals surface area (Å²) in [4.78, 5) is 45.0. The summed E-state index contributed by atoms with van der Waals surface area (Å²) in [6.07, 6.45) is 0. The lowest BCUT2D eigenvalue weighted by atomic mass is 10.2. The van der Waals surface area contributed by atoms with E-state index < -0.39 is 23.8 Å². The van der Waals surface area contributed by atoms with Gasteiger partial charge in [0, 0.05) is 22.8 Å². The molecule has 0 aliphatic carbocycles. The largest absolute Gasteiger partial charge is 0.332 e. The maximum atomic E-state index is 13.2. The number of fused-ring (bicyclic) bond motifs is 1. The summed E-state index contributed by atoms with van der Waals surface area (Å²) >= 11 is 1.32. The number of rotatable bonds is 3. The fraction of sp³-hybridized carbons (Fsp3) is 0.222. The van der Waals surface area contributed by atoms with E-state index in [-0.39, 0.29) is 12.1 Å². The molecule has 4 rings (SSSR count). The number of anilines is 1. The molecule has 1 saturated heterocycles.